The second-order valence-corrected chi connectivity index (χ2v) is 8.78. The summed E-state index contributed by atoms with van der Waals surface area (Å²) in [5.41, 5.74) is 2.12. The van der Waals surface area contributed by atoms with Gasteiger partial charge >= 0.3 is 0 Å². The lowest BCUT2D eigenvalue weighted by molar-refractivity contribution is -0.119. The number of benzene rings is 1. The van der Waals surface area contributed by atoms with Gasteiger partial charge in [-0.05, 0) is 36.5 Å². The van der Waals surface area contributed by atoms with Crippen molar-refractivity contribution in [2.75, 3.05) is 5.75 Å². The third-order valence-corrected chi connectivity index (χ3v) is 6.60. The zero-order chi connectivity index (χ0) is 20.8. The highest BCUT2D eigenvalue weighted by Crippen LogP contribution is 2.26. The predicted octanol–water partition coefficient (Wildman–Crippen LogP) is 4.18. The monoisotopic (exact) mass is 421 g/mol. The zero-order valence-corrected chi connectivity index (χ0v) is 18.0. The number of carbonyl (C=O) groups is 1. The highest BCUT2D eigenvalue weighted by molar-refractivity contribution is 7.99. The van der Waals surface area contributed by atoms with Crippen molar-refractivity contribution in [2.45, 2.75) is 50.4 Å². The molecule has 6 nitrogen and oxygen atoms in total. The van der Waals surface area contributed by atoms with Gasteiger partial charge in [-0.2, -0.15) is 0 Å². The molecule has 1 fully saturated rings. The maximum absolute atomic E-state index is 12.6. The summed E-state index contributed by atoms with van der Waals surface area (Å²) in [6.07, 6.45) is 8.24. The number of hydrogen-bond acceptors (Lipinski definition) is 5. The molecule has 7 heteroatoms. The van der Waals surface area contributed by atoms with Crippen LogP contribution in [0.15, 0.2) is 60.0 Å². The largest absolute Gasteiger partial charge is 0.352 e. The number of aromatic nitrogens is 4. The first-order valence-corrected chi connectivity index (χ1v) is 11.5. The summed E-state index contributed by atoms with van der Waals surface area (Å²) in [5, 5.41) is 12.8. The van der Waals surface area contributed by atoms with E-state index in [1.54, 1.807) is 12.4 Å². The molecule has 2 atom stereocenters. The molecule has 0 unspecified atom stereocenters. The molecule has 1 amide bonds. The van der Waals surface area contributed by atoms with E-state index in [2.05, 4.69) is 44.1 Å². The first-order chi connectivity index (χ1) is 14.7. The van der Waals surface area contributed by atoms with E-state index in [9.17, 15) is 4.79 Å². The number of nitrogens with one attached hydrogen (secondary N) is 1. The van der Waals surface area contributed by atoms with Crippen molar-refractivity contribution >= 4 is 17.7 Å². The van der Waals surface area contributed by atoms with Gasteiger partial charge in [0.2, 0.25) is 5.91 Å². The van der Waals surface area contributed by atoms with Crippen LogP contribution in [0.5, 0.6) is 0 Å². The molecule has 4 rings (SSSR count). The van der Waals surface area contributed by atoms with Crippen LogP contribution in [-0.2, 0) is 11.3 Å². The fourth-order valence-electron chi connectivity index (χ4n) is 3.93. The number of pyridine rings is 1. The highest BCUT2D eigenvalue weighted by atomic mass is 32.2. The smallest absolute Gasteiger partial charge is 0.230 e. The van der Waals surface area contributed by atoms with E-state index in [1.165, 1.54) is 31.0 Å². The van der Waals surface area contributed by atoms with Crippen molar-refractivity contribution in [3.8, 4) is 11.4 Å². The second-order valence-electron chi connectivity index (χ2n) is 7.84. The first kappa shape index (κ1) is 20.6. The number of amides is 1. The molecule has 3 aromatic rings. The number of carbonyl (C=O) groups excluding carboxylic acids is 1. The Morgan fingerprint density at radius 2 is 1.87 bits per heavy atom. The molecule has 0 spiro atoms. The average Bonchev–Trinajstić information content (AvgIpc) is 3.17. The molecule has 1 aliphatic carbocycles. The van der Waals surface area contributed by atoms with E-state index < -0.39 is 0 Å². The van der Waals surface area contributed by atoms with Crippen molar-refractivity contribution in [1.82, 2.24) is 25.1 Å². The third-order valence-electron chi connectivity index (χ3n) is 5.63. The van der Waals surface area contributed by atoms with Gasteiger partial charge in [-0.25, -0.2) is 0 Å². The van der Waals surface area contributed by atoms with Gasteiger partial charge < -0.3 is 5.32 Å². The van der Waals surface area contributed by atoms with Gasteiger partial charge in [0.15, 0.2) is 11.0 Å². The van der Waals surface area contributed by atoms with Gasteiger partial charge in [0.1, 0.15) is 0 Å². The summed E-state index contributed by atoms with van der Waals surface area (Å²) in [6, 6.07) is 14.4. The molecule has 156 valence electrons. The summed E-state index contributed by atoms with van der Waals surface area (Å²) in [7, 11) is 0. The Morgan fingerprint density at radius 1 is 1.10 bits per heavy atom. The summed E-state index contributed by atoms with van der Waals surface area (Å²) in [6.45, 7) is 2.88. The van der Waals surface area contributed by atoms with Crippen LogP contribution in [0.25, 0.3) is 11.4 Å². The molecule has 1 aliphatic rings. The molecule has 0 bridgehead atoms. The molecule has 2 heterocycles. The van der Waals surface area contributed by atoms with Crippen LogP contribution in [0.1, 0.15) is 38.2 Å². The molecule has 0 saturated heterocycles. The van der Waals surface area contributed by atoms with Crippen LogP contribution < -0.4 is 5.32 Å². The normalized spacial score (nSPS) is 18.8. The maximum Gasteiger partial charge on any atom is 0.230 e. The van der Waals surface area contributed by atoms with E-state index >= 15 is 0 Å². The zero-order valence-electron chi connectivity index (χ0n) is 17.2. The van der Waals surface area contributed by atoms with Crippen LogP contribution in [0.2, 0.25) is 0 Å². The van der Waals surface area contributed by atoms with Gasteiger partial charge in [0.25, 0.3) is 0 Å². The molecule has 0 radical (unpaired) electrons. The van der Waals surface area contributed by atoms with Crippen molar-refractivity contribution < 1.29 is 4.79 Å². The lowest BCUT2D eigenvalue weighted by atomic mass is 9.86. The van der Waals surface area contributed by atoms with Gasteiger partial charge in [-0.3, -0.25) is 14.3 Å². The third kappa shape index (κ3) is 5.08. The lowest BCUT2D eigenvalue weighted by Crippen LogP contribution is -2.41. The minimum Gasteiger partial charge on any atom is -0.352 e. The fourth-order valence-corrected chi connectivity index (χ4v) is 4.68. The van der Waals surface area contributed by atoms with Crippen molar-refractivity contribution in [1.29, 1.82) is 0 Å². The molecular formula is C23H27N5OS. The number of hydrogen-bond donors (Lipinski definition) is 1. The van der Waals surface area contributed by atoms with Gasteiger partial charge in [-0.1, -0.05) is 61.9 Å². The van der Waals surface area contributed by atoms with E-state index in [4.69, 9.17) is 0 Å². The van der Waals surface area contributed by atoms with E-state index in [0.717, 1.165) is 28.5 Å². The first-order valence-electron chi connectivity index (χ1n) is 10.5. The molecule has 30 heavy (non-hydrogen) atoms. The van der Waals surface area contributed by atoms with Crippen molar-refractivity contribution in [2.24, 2.45) is 5.92 Å². The van der Waals surface area contributed by atoms with E-state index in [0.29, 0.717) is 24.3 Å². The van der Waals surface area contributed by atoms with Crippen molar-refractivity contribution in [3.63, 3.8) is 0 Å². The van der Waals surface area contributed by atoms with Crippen LogP contribution in [0.3, 0.4) is 0 Å². The van der Waals surface area contributed by atoms with Gasteiger partial charge in [0.05, 0.1) is 12.3 Å². The highest BCUT2D eigenvalue weighted by Gasteiger charge is 2.23. The summed E-state index contributed by atoms with van der Waals surface area (Å²) < 4.78 is 2.08. The van der Waals surface area contributed by atoms with Crippen LogP contribution >= 0.6 is 11.8 Å². The summed E-state index contributed by atoms with van der Waals surface area (Å²) >= 11 is 1.44. The molecule has 2 aromatic heterocycles. The topological polar surface area (TPSA) is 72.7 Å². The fraction of sp³-hybridized carbons (Fsp3) is 0.391. The van der Waals surface area contributed by atoms with Crippen LogP contribution in [0, 0.1) is 5.92 Å². The molecular weight excluding hydrogens is 394 g/mol. The Balaban J connectivity index is 1.49. The quantitative estimate of drug-likeness (QED) is 0.580. The Kier molecular flexibility index (Phi) is 6.79. The Hall–Kier alpha value is -2.67. The number of nitrogens with zero attached hydrogens (tertiary/aromatic N) is 4. The molecule has 1 aromatic carbocycles. The predicted molar refractivity (Wildman–Crippen MR) is 119 cm³/mol. The standard InChI is InChI=1S/C23H27N5OS/c1-17-7-5-6-10-20(17)25-21(29)16-30-23-27-26-22(19-11-13-24-14-12-19)28(23)15-18-8-3-2-4-9-18/h2-4,8-9,11-14,17,20H,5-7,10,15-16H2,1H3,(H,25,29)/t17-,20+/m0/s1. The minimum atomic E-state index is 0.0680. The second kappa shape index (κ2) is 9.89. The Bertz CT molecular complexity index is 960. The van der Waals surface area contributed by atoms with E-state index in [-0.39, 0.29) is 5.91 Å². The van der Waals surface area contributed by atoms with Gasteiger partial charge in [-0.15, -0.1) is 10.2 Å². The van der Waals surface area contributed by atoms with Crippen LogP contribution in [0.4, 0.5) is 0 Å². The van der Waals surface area contributed by atoms with Gasteiger partial charge in [0, 0.05) is 24.0 Å². The molecule has 1 saturated carbocycles. The van der Waals surface area contributed by atoms with Crippen molar-refractivity contribution in [3.05, 3.63) is 60.4 Å². The molecule has 1 N–H and O–H groups in total. The number of rotatable bonds is 7. The van der Waals surface area contributed by atoms with E-state index in [1.807, 2.05) is 30.3 Å². The van der Waals surface area contributed by atoms with Crippen LogP contribution in [-0.4, -0.2) is 37.5 Å². The number of thioether (sulfide) groups is 1. The average molecular weight is 422 g/mol. The Labute approximate surface area is 181 Å². The lowest BCUT2D eigenvalue weighted by Gasteiger charge is -2.29. The summed E-state index contributed by atoms with van der Waals surface area (Å²) in [4.78, 5) is 16.7. The summed E-state index contributed by atoms with van der Waals surface area (Å²) in [5.74, 6) is 1.74. The minimum absolute atomic E-state index is 0.0680. The Morgan fingerprint density at radius 3 is 2.63 bits per heavy atom. The maximum atomic E-state index is 12.6. The SMILES string of the molecule is C[C@H]1CCCC[C@H]1NC(=O)CSc1nnc(-c2ccncc2)n1Cc1ccccc1. The molecule has 0 aliphatic heterocycles.